The maximum absolute atomic E-state index is 14.8. The van der Waals surface area contributed by atoms with Crippen LogP contribution in [0.3, 0.4) is 0 Å². The highest BCUT2D eigenvalue weighted by atomic mass is 16.5. The number of ketones is 1. The lowest BCUT2D eigenvalue weighted by Crippen LogP contribution is -2.61. The Balaban J connectivity index is 6.94. The topological polar surface area (TPSA) is 311 Å². The van der Waals surface area contributed by atoms with Crippen LogP contribution < -0.4 is 21.3 Å². The van der Waals surface area contributed by atoms with Gasteiger partial charge >= 0.3 is 5.97 Å². The molecular formula is C71H126N10O15. The van der Waals surface area contributed by atoms with Crippen molar-refractivity contribution < 1.29 is 72.1 Å². The monoisotopic (exact) mass is 1360 g/mol. The van der Waals surface area contributed by atoms with E-state index in [2.05, 4.69) is 27.8 Å². The van der Waals surface area contributed by atoms with Gasteiger partial charge in [0, 0.05) is 55.1 Å². The average Bonchev–Trinajstić information content (AvgIpc) is 0.892. The summed E-state index contributed by atoms with van der Waals surface area (Å²) >= 11 is 0. The minimum absolute atomic E-state index is 0.0270. The largest absolute Gasteiger partial charge is 0.461 e. The van der Waals surface area contributed by atoms with Gasteiger partial charge in [0.1, 0.15) is 60.5 Å². The van der Waals surface area contributed by atoms with Gasteiger partial charge in [-0.1, -0.05) is 115 Å². The highest BCUT2D eigenvalue weighted by Crippen LogP contribution is 2.29. The summed E-state index contributed by atoms with van der Waals surface area (Å²) in [6.07, 6.45) is 5.38. The first-order valence-corrected chi connectivity index (χ1v) is 34.4. The molecule has 10 amide bonds. The van der Waals surface area contributed by atoms with Crippen LogP contribution in [0.15, 0.2) is 24.3 Å². The van der Waals surface area contributed by atoms with Crippen molar-refractivity contribution in [3.05, 3.63) is 24.3 Å². The molecule has 0 heterocycles. The molecule has 0 spiro atoms. The van der Waals surface area contributed by atoms with Crippen LogP contribution >= 0.6 is 0 Å². The minimum Gasteiger partial charge on any atom is -0.461 e. The lowest BCUT2D eigenvalue weighted by Gasteiger charge is -2.39. The predicted molar refractivity (Wildman–Crippen MR) is 372 cm³/mol. The molecule has 0 aromatic carbocycles. The van der Waals surface area contributed by atoms with Gasteiger partial charge < -0.3 is 65.2 Å². The molecule has 25 heteroatoms. The lowest BCUT2D eigenvalue weighted by molar-refractivity contribution is -0.157. The van der Waals surface area contributed by atoms with Crippen molar-refractivity contribution in [1.82, 2.24) is 50.7 Å². The Kier molecular flexibility index (Phi) is 39.8. The molecule has 0 aromatic heterocycles. The number of amides is 10. The normalized spacial score (nSPS) is 16.4. The third-order valence-corrected chi connectivity index (χ3v) is 17.9. The van der Waals surface area contributed by atoms with E-state index < -0.39 is 143 Å². The second-order valence-corrected chi connectivity index (χ2v) is 28.3. The van der Waals surface area contributed by atoms with Crippen LogP contribution in [-0.2, 0) is 67.0 Å². The predicted octanol–water partition coefficient (Wildman–Crippen LogP) is 5.55. The fourth-order valence-electron chi connectivity index (χ4n) is 11.9. The highest BCUT2D eigenvalue weighted by Gasteiger charge is 2.44. The van der Waals surface area contributed by atoms with E-state index in [-0.39, 0.29) is 92.4 Å². The molecule has 0 rings (SSSR count). The number of ether oxygens (including phenoxy) is 2. The molecule has 0 saturated heterocycles. The first-order valence-electron chi connectivity index (χ1n) is 34.4. The first-order chi connectivity index (χ1) is 44.4. The standard InChI is InChI=1S/C71H126N10O15/c1-28-31-32-46(15)61(96-52(21)84)53(38-45(14)29-2)63(86)74-54(30-3)68(91)76(22)50(19)67(90)81(27)60(47(16)39-95-34-33-82)65(88)75-58(43(10)11)71(94)77(23)55(35-40(4)5)64(87)72-48(17)62(85)73-49(18)66(89)78(24)56(36-41(6)7)69(92)79(25)57(37-42(8)9)70(93)80(26)59(44(12)13)51(20)83/h28,31,40-42,44-50,53-61,82H,10,29-30,32-39H2,1-9,11-27H3,(H,72,87)(H,73,85)(H,74,86)(H,75,88). The number of nitrogens with zero attached hydrogens (tertiary/aromatic N) is 6. The molecule has 15 atom stereocenters. The lowest BCUT2D eigenvalue weighted by atomic mass is 9.82. The quantitative estimate of drug-likeness (QED) is 0.0284. The molecule has 96 heavy (non-hydrogen) atoms. The molecule has 0 aliphatic carbocycles. The van der Waals surface area contributed by atoms with Gasteiger partial charge in [-0.15, -0.1) is 0 Å². The zero-order valence-electron chi connectivity index (χ0n) is 63.2. The number of likely N-dealkylation sites (N-methyl/N-ethyl adjacent to an activating group) is 6. The second kappa shape index (κ2) is 42.8. The van der Waals surface area contributed by atoms with E-state index in [1.54, 1.807) is 20.9 Å². The maximum Gasteiger partial charge on any atom is 0.302 e. The van der Waals surface area contributed by atoms with E-state index >= 15 is 0 Å². The van der Waals surface area contributed by atoms with Crippen molar-refractivity contribution in [3.8, 4) is 0 Å². The maximum atomic E-state index is 14.8. The number of hydrogen-bond donors (Lipinski definition) is 5. The van der Waals surface area contributed by atoms with E-state index in [9.17, 15) is 62.6 Å². The Morgan fingerprint density at radius 2 is 0.979 bits per heavy atom. The summed E-state index contributed by atoms with van der Waals surface area (Å²) < 4.78 is 11.5. The SMILES string of the molecule is C=C(C)C(NC(=O)C(C(C)COCCO)N(C)C(=O)C(C)N(C)C(=O)C(CC)NC(=O)C(CC(C)CC)C(OC(C)=O)C(C)CC=CC)C(=O)N(C)C(CC(C)C)C(=O)NC(C)C(=O)NC(C)C(=O)N(C)C(CC(C)C)C(=O)N(C)C(CC(C)C)C(=O)N(C)C(C(C)=O)C(C)C. The molecule has 0 fully saturated rings. The number of carbonyl (C=O) groups excluding carboxylic acids is 12. The van der Waals surface area contributed by atoms with Gasteiger partial charge in [0.25, 0.3) is 0 Å². The Hall–Kier alpha value is -6.76. The van der Waals surface area contributed by atoms with Crippen LogP contribution in [0.1, 0.15) is 183 Å². The number of allylic oxidation sites excluding steroid dienone is 2. The number of esters is 1. The molecule has 0 aromatic rings. The smallest absolute Gasteiger partial charge is 0.302 e. The third-order valence-electron chi connectivity index (χ3n) is 17.9. The molecule has 25 nitrogen and oxygen atoms in total. The summed E-state index contributed by atoms with van der Waals surface area (Å²) in [5.74, 6) is -9.44. The number of aliphatic hydroxyl groups excluding tert-OH is 1. The Bertz CT molecular complexity index is 2630. The number of hydrogen-bond acceptors (Lipinski definition) is 15. The van der Waals surface area contributed by atoms with Gasteiger partial charge in [0.15, 0.2) is 5.78 Å². The molecule has 15 unspecified atom stereocenters. The molecule has 0 bridgehead atoms. The zero-order valence-corrected chi connectivity index (χ0v) is 63.2. The molecule has 0 radical (unpaired) electrons. The fourth-order valence-corrected chi connectivity index (χ4v) is 11.9. The number of rotatable bonds is 43. The van der Waals surface area contributed by atoms with Crippen LogP contribution in [0, 0.1) is 47.3 Å². The number of aliphatic hydroxyl groups is 1. The molecule has 0 aliphatic rings. The highest BCUT2D eigenvalue weighted by molar-refractivity contribution is 5.99. The van der Waals surface area contributed by atoms with Crippen LogP contribution in [0.5, 0.6) is 0 Å². The summed E-state index contributed by atoms with van der Waals surface area (Å²) in [6, 6.07) is -11.6. The van der Waals surface area contributed by atoms with Gasteiger partial charge in [-0.05, 0) is 121 Å². The second-order valence-electron chi connectivity index (χ2n) is 28.3. The fraction of sp³-hybridized carbons (Fsp3) is 0.775. The van der Waals surface area contributed by atoms with E-state index in [1.165, 1.54) is 96.4 Å². The van der Waals surface area contributed by atoms with Gasteiger partial charge in [-0.25, -0.2) is 0 Å². The molecule has 5 N–H and O–H groups in total. The molecule has 0 saturated carbocycles. The van der Waals surface area contributed by atoms with Crippen molar-refractivity contribution in [3.63, 3.8) is 0 Å². The van der Waals surface area contributed by atoms with Gasteiger partial charge in [0.05, 0.1) is 31.8 Å². The van der Waals surface area contributed by atoms with Crippen LogP contribution in [0.25, 0.3) is 0 Å². The third kappa shape index (κ3) is 27.3. The van der Waals surface area contributed by atoms with Crippen molar-refractivity contribution in [2.45, 2.75) is 250 Å². The molecular weight excluding hydrogens is 1230 g/mol. The minimum atomic E-state index is -1.48. The number of nitrogens with one attached hydrogen (secondary N) is 4. The summed E-state index contributed by atoms with van der Waals surface area (Å²) in [6.45, 7) is 38.0. The van der Waals surface area contributed by atoms with E-state index in [1.807, 2.05) is 95.2 Å². The van der Waals surface area contributed by atoms with Crippen LogP contribution in [0.2, 0.25) is 0 Å². The van der Waals surface area contributed by atoms with Crippen LogP contribution in [0.4, 0.5) is 0 Å². The van der Waals surface area contributed by atoms with Gasteiger partial charge in [-0.2, -0.15) is 0 Å². The van der Waals surface area contributed by atoms with Crippen molar-refractivity contribution in [1.29, 1.82) is 0 Å². The number of carbonyl (C=O) groups is 12. The summed E-state index contributed by atoms with van der Waals surface area (Å²) in [5.41, 5.74) is 0.159. The van der Waals surface area contributed by atoms with E-state index in [0.29, 0.717) is 12.8 Å². The van der Waals surface area contributed by atoms with Gasteiger partial charge in [0.2, 0.25) is 59.1 Å². The van der Waals surface area contributed by atoms with Gasteiger partial charge in [-0.3, -0.25) is 57.5 Å². The number of Topliss-reactive ketones (excluding diaryl/α,β-unsaturated/α-hetero) is 1. The molecule has 0 aliphatic heterocycles. The Labute approximate surface area is 575 Å². The van der Waals surface area contributed by atoms with Crippen molar-refractivity contribution in [2.24, 2.45) is 47.3 Å². The zero-order chi connectivity index (χ0) is 74.7. The van der Waals surface area contributed by atoms with Crippen molar-refractivity contribution >= 4 is 70.8 Å². The van der Waals surface area contributed by atoms with Crippen LogP contribution in [-0.4, -0.2) is 234 Å². The van der Waals surface area contributed by atoms with E-state index in [0.717, 1.165) is 16.2 Å². The average molecular weight is 1360 g/mol. The summed E-state index contributed by atoms with van der Waals surface area (Å²) in [7, 11) is 8.66. The summed E-state index contributed by atoms with van der Waals surface area (Å²) in [5, 5.41) is 20.5. The molecule has 550 valence electrons. The van der Waals surface area contributed by atoms with Crippen molar-refractivity contribution in [2.75, 3.05) is 62.1 Å². The summed E-state index contributed by atoms with van der Waals surface area (Å²) in [4.78, 5) is 177. The first kappa shape index (κ1) is 89.2. The van der Waals surface area contributed by atoms with E-state index in [4.69, 9.17) is 9.47 Å². The Morgan fingerprint density at radius 3 is 1.43 bits per heavy atom. The Morgan fingerprint density at radius 1 is 0.500 bits per heavy atom.